The fourth-order valence-corrected chi connectivity index (χ4v) is 2.13. The Balaban J connectivity index is 3.13. The van der Waals surface area contributed by atoms with Crippen LogP contribution in [0.15, 0.2) is 12.1 Å². The van der Waals surface area contributed by atoms with Crippen LogP contribution in [-0.2, 0) is 4.79 Å². The number of unbranched alkanes of at least 4 members (excludes halogenated alkanes) is 1. The molecule has 0 aliphatic rings. The number of carbonyl (C=O) groups excluding carboxylic acids is 1. The molecule has 0 aliphatic heterocycles. The second-order valence-electron chi connectivity index (χ2n) is 6.33. The third-order valence-electron chi connectivity index (χ3n) is 3.02. The van der Waals surface area contributed by atoms with Crippen molar-refractivity contribution < 1.29 is 13.6 Å². The average molecular weight is 318 g/mol. The molecule has 1 rings (SSSR count). The van der Waals surface area contributed by atoms with Gasteiger partial charge in [-0.05, 0) is 24.0 Å². The van der Waals surface area contributed by atoms with Gasteiger partial charge in [0.05, 0.1) is 5.69 Å². The van der Waals surface area contributed by atoms with Crippen molar-refractivity contribution in [2.75, 3.05) is 11.4 Å². The summed E-state index contributed by atoms with van der Waals surface area (Å²) in [5.74, 6) is -1.89. The minimum Gasteiger partial charge on any atom is -0.310 e. The predicted molar refractivity (Wildman–Crippen MR) is 82.7 cm³/mol. The largest absolute Gasteiger partial charge is 0.310 e. The van der Waals surface area contributed by atoms with E-state index < -0.39 is 16.7 Å². The van der Waals surface area contributed by atoms with Crippen molar-refractivity contribution in [2.45, 2.75) is 47.0 Å². The fourth-order valence-electron chi connectivity index (χ4n) is 1.97. The van der Waals surface area contributed by atoms with E-state index in [1.807, 2.05) is 27.7 Å². The van der Waals surface area contributed by atoms with Crippen molar-refractivity contribution in [3.8, 4) is 0 Å². The van der Waals surface area contributed by atoms with E-state index in [2.05, 4.69) is 0 Å². The second kappa shape index (κ2) is 7.21. The lowest BCUT2D eigenvalue weighted by Gasteiger charge is -2.27. The Labute approximate surface area is 130 Å². The second-order valence-corrected chi connectivity index (χ2v) is 6.71. The lowest BCUT2D eigenvalue weighted by atomic mass is 9.91. The Morgan fingerprint density at radius 1 is 1.29 bits per heavy atom. The third kappa shape index (κ3) is 4.95. The van der Waals surface area contributed by atoms with E-state index in [9.17, 15) is 13.6 Å². The molecule has 0 saturated carbocycles. The Hall–Kier alpha value is -1.16. The van der Waals surface area contributed by atoms with Crippen LogP contribution in [0.5, 0.6) is 0 Å². The number of anilines is 1. The summed E-state index contributed by atoms with van der Waals surface area (Å²) < 4.78 is 27.4. The van der Waals surface area contributed by atoms with Crippen LogP contribution in [0, 0.1) is 17.0 Å². The minimum absolute atomic E-state index is 0.0455. The van der Waals surface area contributed by atoms with Crippen LogP contribution in [0.3, 0.4) is 0 Å². The van der Waals surface area contributed by atoms with E-state index >= 15 is 0 Å². The van der Waals surface area contributed by atoms with Crippen molar-refractivity contribution >= 4 is 23.2 Å². The molecule has 0 atom stereocenters. The van der Waals surface area contributed by atoms with Gasteiger partial charge in [0.25, 0.3) is 0 Å². The van der Waals surface area contributed by atoms with Crippen LogP contribution in [-0.4, -0.2) is 12.5 Å². The summed E-state index contributed by atoms with van der Waals surface area (Å²) in [6.45, 7) is 8.20. The molecule has 118 valence electrons. The maximum Gasteiger partial charge on any atom is 0.227 e. The van der Waals surface area contributed by atoms with Gasteiger partial charge in [-0.3, -0.25) is 4.79 Å². The molecular weight excluding hydrogens is 296 g/mol. The number of nitrogens with zero attached hydrogens (tertiary/aromatic N) is 1. The summed E-state index contributed by atoms with van der Waals surface area (Å²) in [5, 5.41) is -0.572. The summed E-state index contributed by atoms with van der Waals surface area (Å²) in [5.41, 5.74) is -0.161. The molecule has 0 aliphatic carbocycles. The molecule has 1 aromatic carbocycles. The highest BCUT2D eigenvalue weighted by atomic mass is 35.5. The molecule has 21 heavy (non-hydrogen) atoms. The molecular formula is C16H22ClF2NO. The van der Waals surface area contributed by atoms with E-state index in [-0.39, 0.29) is 23.4 Å². The Morgan fingerprint density at radius 3 is 2.43 bits per heavy atom. The van der Waals surface area contributed by atoms with Crippen LogP contribution >= 0.6 is 11.6 Å². The average Bonchev–Trinajstić information content (AvgIpc) is 2.36. The van der Waals surface area contributed by atoms with Crippen molar-refractivity contribution in [1.29, 1.82) is 0 Å². The summed E-state index contributed by atoms with van der Waals surface area (Å²) in [7, 11) is 0. The smallest absolute Gasteiger partial charge is 0.227 e. The molecule has 5 heteroatoms. The summed E-state index contributed by atoms with van der Waals surface area (Å²) in [6, 6.07) is 2.36. The van der Waals surface area contributed by atoms with E-state index in [0.29, 0.717) is 6.54 Å². The zero-order valence-corrected chi connectivity index (χ0v) is 13.7. The van der Waals surface area contributed by atoms with E-state index in [1.54, 1.807) is 0 Å². The van der Waals surface area contributed by atoms with Gasteiger partial charge in [-0.1, -0.05) is 45.7 Å². The maximum atomic E-state index is 14.2. The van der Waals surface area contributed by atoms with Gasteiger partial charge in [0.2, 0.25) is 5.91 Å². The van der Waals surface area contributed by atoms with Gasteiger partial charge in [0.1, 0.15) is 10.8 Å². The van der Waals surface area contributed by atoms with Crippen molar-refractivity contribution in [3.05, 3.63) is 28.8 Å². The van der Waals surface area contributed by atoms with E-state index in [1.165, 1.54) is 11.0 Å². The van der Waals surface area contributed by atoms with Crippen LogP contribution < -0.4 is 4.90 Å². The number of carbonyl (C=O) groups is 1. The molecule has 0 N–H and O–H groups in total. The van der Waals surface area contributed by atoms with Gasteiger partial charge in [-0.2, -0.15) is 0 Å². The molecule has 0 bridgehead atoms. The Bertz CT molecular complexity index is 512. The Morgan fingerprint density at radius 2 is 1.90 bits per heavy atom. The van der Waals surface area contributed by atoms with Gasteiger partial charge in [-0.15, -0.1) is 0 Å². The molecule has 1 amide bonds. The molecule has 1 aromatic rings. The summed E-state index contributed by atoms with van der Waals surface area (Å²) in [6.07, 6.45) is 1.89. The first-order chi connectivity index (χ1) is 9.67. The first-order valence-electron chi connectivity index (χ1n) is 7.11. The molecule has 0 fully saturated rings. The number of benzene rings is 1. The van der Waals surface area contributed by atoms with Gasteiger partial charge >= 0.3 is 0 Å². The maximum absolute atomic E-state index is 14.2. The number of amides is 1. The molecule has 0 unspecified atom stereocenters. The standard InChI is InChI=1S/C16H22ClF2NO/c1-5-6-9-20(13(21)10-16(2,3)4)12-8-7-11(18)14(17)15(12)19/h7-8H,5-6,9-10H2,1-4H3. The molecule has 0 aromatic heterocycles. The van der Waals surface area contributed by atoms with Gasteiger partial charge in [-0.25, -0.2) is 8.78 Å². The molecule has 0 saturated heterocycles. The van der Waals surface area contributed by atoms with Crippen molar-refractivity contribution in [2.24, 2.45) is 5.41 Å². The van der Waals surface area contributed by atoms with Crippen LogP contribution in [0.2, 0.25) is 5.02 Å². The number of rotatable bonds is 5. The van der Waals surface area contributed by atoms with Crippen LogP contribution in [0.4, 0.5) is 14.5 Å². The Kier molecular flexibility index (Phi) is 6.14. The van der Waals surface area contributed by atoms with Gasteiger partial charge < -0.3 is 4.90 Å². The fraction of sp³-hybridized carbons (Fsp3) is 0.562. The van der Waals surface area contributed by atoms with Crippen molar-refractivity contribution in [1.82, 2.24) is 0 Å². The summed E-state index contributed by atoms with van der Waals surface area (Å²) >= 11 is 5.61. The third-order valence-corrected chi connectivity index (χ3v) is 3.37. The highest BCUT2D eigenvalue weighted by Crippen LogP contribution is 2.30. The molecule has 0 heterocycles. The molecule has 0 radical (unpaired) electrons. The number of halogens is 3. The normalized spacial score (nSPS) is 11.6. The van der Waals surface area contributed by atoms with E-state index in [0.717, 1.165) is 18.9 Å². The highest BCUT2D eigenvalue weighted by molar-refractivity contribution is 6.31. The first-order valence-corrected chi connectivity index (χ1v) is 7.49. The van der Waals surface area contributed by atoms with E-state index in [4.69, 9.17) is 11.6 Å². The zero-order chi connectivity index (χ0) is 16.2. The SMILES string of the molecule is CCCCN(C(=O)CC(C)(C)C)c1ccc(F)c(Cl)c1F. The van der Waals surface area contributed by atoms with Crippen molar-refractivity contribution in [3.63, 3.8) is 0 Å². The number of hydrogen-bond donors (Lipinski definition) is 0. The lowest BCUT2D eigenvalue weighted by molar-refractivity contribution is -0.120. The number of hydrogen-bond acceptors (Lipinski definition) is 1. The quantitative estimate of drug-likeness (QED) is 0.684. The van der Waals surface area contributed by atoms with Crippen LogP contribution in [0.25, 0.3) is 0 Å². The van der Waals surface area contributed by atoms with Crippen LogP contribution in [0.1, 0.15) is 47.0 Å². The monoisotopic (exact) mass is 317 g/mol. The molecule has 2 nitrogen and oxygen atoms in total. The summed E-state index contributed by atoms with van der Waals surface area (Å²) in [4.78, 5) is 13.8. The van der Waals surface area contributed by atoms with Gasteiger partial charge in [0.15, 0.2) is 5.82 Å². The predicted octanol–water partition coefficient (Wildman–Crippen LogP) is 5.19. The minimum atomic E-state index is -0.880. The lowest BCUT2D eigenvalue weighted by Crippen LogP contribution is -2.35. The highest BCUT2D eigenvalue weighted by Gasteiger charge is 2.25. The zero-order valence-electron chi connectivity index (χ0n) is 13.0. The topological polar surface area (TPSA) is 20.3 Å². The van der Waals surface area contributed by atoms with Gasteiger partial charge in [0, 0.05) is 13.0 Å². The first kappa shape index (κ1) is 17.9. The molecule has 0 spiro atoms.